The Labute approximate surface area is 97.4 Å². The maximum absolute atomic E-state index is 13.3. The topological polar surface area (TPSA) is 43.4 Å². The van der Waals surface area contributed by atoms with Gasteiger partial charge in [-0.2, -0.15) is 26.3 Å². The van der Waals surface area contributed by atoms with Crippen LogP contribution in [0.25, 0.3) is 0 Å². The number of esters is 2. The van der Waals surface area contributed by atoms with Gasteiger partial charge in [0.25, 0.3) is 5.41 Å². The van der Waals surface area contributed by atoms with Crippen LogP contribution >= 0.6 is 0 Å². The molecule has 0 atom stereocenters. The van der Waals surface area contributed by atoms with Crippen molar-refractivity contribution in [3.8, 4) is 0 Å². The first-order valence-electron chi connectivity index (χ1n) is 4.33. The predicted octanol–water partition coefficient (Wildman–Crippen LogP) is 2.13. The summed E-state index contributed by atoms with van der Waals surface area (Å²) in [6, 6.07) is 0. The van der Waals surface area contributed by atoms with E-state index in [-0.39, 0.29) is 0 Å². The van der Waals surface area contributed by atoms with Gasteiger partial charge in [-0.25, -0.2) is 18.4 Å². The van der Waals surface area contributed by atoms with E-state index >= 15 is 0 Å². The van der Waals surface area contributed by atoms with Gasteiger partial charge < -0.3 is 4.74 Å². The molecule has 11 heteroatoms. The van der Waals surface area contributed by atoms with Crippen LogP contribution < -0.4 is 0 Å². The normalized spacial score (nSPS) is 30.1. The Morgan fingerprint density at radius 3 is 1.53 bits per heavy atom. The molecule has 0 radical (unpaired) electrons. The molecular formula is C8F8O3. The van der Waals surface area contributed by atoms with Gasteiger partial charge in [0.1, 0.15) is 0 Å². The highest BCUT2D eigenvalue weighted by Gasteiger charge is 2.93. The van der Waals surface area contributed by atoms with E-state index in [1.165, 1.54) is 0 Å². The molecule has 2 aliphatic rings. The lowest BCUT2D eigenvalue weighted by Crippen LogP contribution is -2.75. The van der Waals surface area contributed by atoms with Gasteiger partial charge in [0.15, 0.2) is 5.83 Å². The lowest BCUT2D eigenvalue weighted by atomic mass is 9.68. The van der Waals surface area contributed by atoms with E-state index in [9.17, 15) is 44.7 Å². The van der Waals surface area contributed by atoms with Crippen LogP contribution in [0, 0.1) is 5.41 Å². The molecule has 1 fully saturated rings. The molecule has 1 heterocycles. The van der Waals surface area contributed by atoms with Crippen molar-refractivity contribution in [2.24, 2.45) is 5.41 Å². The first-order valence-corrected chi connectivity index (χ1v) is 4.33. The second kappa shape index (κ2) is 3.07. The molecule has 106 valence electrons. The van der Waals surface area contributed by atoms with Crippen molar-refractivity contribution in [1.29, 1.82) is 0 Å². The number of hydrogen-bond donors (Lipinski definition) is 0. The fourth-order valence-electron chi connectivity index (χ4n) is 1.72. The summed E-state index contributed by atoms with van der Waals surface area (Å²) in [6.07, 6.45) is 0. The van der Waals surface area contributed by atoms with Crippen LogP contribution in [0.4, 0.5) is 35.1 Å². The minimum atomic E-state index is -6.49. The molecule has 0 amide bonds. The smallest absolute Gasteiger partial charge is 0.381 e. The standard InChI is InChI=1S/C8F8O3/c9-1-2(10)6(11,12)8(15,16)7(13,14)5(1)3(17)19-4(5)18. The van der Waals surface area contributed by atoms with Crippen molar-refractivity contribution in [2.45, 2.75) is 17.8 Å². The van der Waals surface area contributed by atoms with E-state index in [1.807, 2.05) is 0 Å². The Balaban J connectivity index is 2.88. The zero-order valence-corrected chi connectivity index (χ0v) is 8.25. The summed E-state index contributed by atoms with van der Waals surface area (Å²) in [6.45, 7) is 0. The van der Waals surface area contributed by atoms with Gasteiger partial charge in [0.05, 0.1) is 0 Å². The summed E-state index contributed by atoms with van der Waals surface area (Å²) >= 11 is 0. The lowest BCUT2D eigenvalue weighted by Gasteiger charge is -2.47. The molecule has 3 nitrogen and oxygen atoms in total. The number of rotatable bonds is 0. The van der Waals surface area contributed by atoms with E-state index in [0.29, 0.717) is 0 Å². The highest BCUT2D eigenvalue weighted by Crippen LogP contribution is 2.66. The Hall–Kier alpha value is -1.68. The summed E-state index contributed by atoms with van der Waals surface area (Å²) in [5.41, 5.74) is -4.69. The van der Waals surface area contributed by atoms with Gasteiger partial charge in [-0.3, -0.25) is 0 Å². The molecule has 0 N–H and O–H groups in total. The number of hydrogen-bond acceptors (Lipinski definition) is 3. The highest BCUT2D eigenvalue weighted by molar-refractivity contribution is 6.17. The molecule has 0 aromatic rings. The van der Waals surface area contributed by atoms with Crippen LogP contribution in [-0.2, 0) is 14.3 Å². The molecule has 2 rings (SSSR count). The molecule has 0 aromatic carbocycles. The Morgan fingerprint density at radius 2 is 1.16 bits per heavy atom. The lowest BCUT2D eigenvalue weighted by molar-refractivity contribution is -0.345. The van der Waals surface area contributed by atoms with Gasteiger partial charge in [-0.1, -0.05) is 0 Å². The first kappa shape index (κ1) is 13.7. The van der Waals surface area contributed by atoms with Crippen LogP contribution in [0.3, 0.4) is 0 Å². The Kier molecular flexibility index (Phi) is 2.22. The third kappa shape index (κ3) is 1.02. The molecule has 19 heavy (non-hydrogen) atoms. The maximum atomic E-state index is 13.3. The zero-order valence-electron chi connectivity index (χ0n) is 8.25. The van der Waals surface area contributed by atoms with Crippen molar-refractivity contribution in [3.63, 3.8) is 0 Å². The summed E-state index contributed by atoms with van der Waals surface area (Å²) in [5, 5.41) is 0. The quantitative estimate of drug-likeness (QED) is 0.391. The minimum absolute atomic E-state index is 2.56. The molecule has 0 saturated carbocycles. The third-order valence-corrected chi connectivity index (χ3v) is 2.86. The zero-order chi connectivity index (χ0) is 15.0. The van der Waals surface area contributed by atoms with Crippen molar-refractivity contribution >= 4 is 11.9 Å². The number of ether oxygens (including phenoxy) is 1. The van der Waals surface area contributed by atoms with E-state index in [4.69, 9.17) is 0 Å². The van der Waals surface area contributed by atoms with Crippen LogP contribution in [-0.4, -0.2) is 29.7 Å². The SMILES string of the molecule is O=C1OC(=O)C12C(F)=C(F)C(F)(F)C(F)(F)C2(F)F. The summed E-state index contributed by atoms with van der Waals surface area (Å²) in [5.74, 6) is -30.9. The third-order valence-electron chi connectivity index (χ3n) is 2.86. The van der Waals surface area contributed by atoms with E-state index in [0.717, 1.165) is 0 Å². The van der Waals surface area contributed by atoms with Gasteiger partial charge in [-0.15, -0.1) is 0 Å². The first-order chi connectivity index (χ1) is 8.36. The van der Waals surface area contributed by atoms with Crippen LogP contribution in [0.15, 0.2) is 11.7 Å². The van der Waals surface area contributed by atoms with Crippen LogP contribution in [0.5, 0.6) is 0 Å². The van der Waals surface area contributed by atoms with Crippen molar-refractivity contribution in [3.05, 3.63) is 11.7 Å². The van der Waals surface area contributed by atoms with Crippen molar-refractivity contribution < 1.29 is 49.4 Å². The fraction of sp³-hybridized carbons (Fsp3) is 0.500. The second-order valence-corrected chi connectivity index (χ2v) is 3.78. The van der Waals surface area contributed by atoms with Crippen molar-refractivity contribution in [1.82, 2.24) is 0 Å². The maximum Gasteiger partial charge on any atom is 0.381 e. The molecule has 1 spiro atoms. The molecular weight excluding hydrogens is 296 g/mol. The Morgan fingerprint density at radius 1 is 0.737 bits per heavy atom. The number of allylic oxidation sites excluding steroid dienone is 1. The predicted molar refractivity (Wildman–Crippen MR) is 37.6 cm³/mol. The monoisotopic (exact) mass is 296 g/mol. The van der Waals surface area contributed by atoms with E-state index < -0.39 is 46.8 Å². The number of cyclic esters (lactones) is 2. The number of carbonyl (C=O) groups is 2. The van der Waals surface area contributed by atoms with Gasteiger partial charge in [0, 0.05) is 0 Å². The minimum Gasteiger partial charge on any atom is -0.390 e. The molecule has 1 aliphatic carbocycles. The Bertz CT molecular complexity index is 520. The average molecular weight is 296 g/mol. The number of alkyl halides is 6. The second-order valence-electron chi connectivity index (χ2n) is 3.78. The highest BCUT2D eigenvalue weighted by atomic mass is 19.3. The van der Waals surface area contributed by atoms with Crippen LogP contribution in [0.2, 0.25) is 0 Å². The average Bonchev–Trinajstić information content (AvgIpc) is 2.25. The van der Waals surface area contributed by atoms with Gasteiger partial charge >= 0.3 is 29.7 Å². The molecule has 1 aliphatic heterocycles. The molecule has 0 bridgehead atoms. The summed E-state index contributed by atoms with van der Waals surface area (Å²) in [4.78, 5) is 21.5. The van der Waals surface area contributed by atoms with E-state index in [2.05, 4.69) is 4.74 Å². The molecule has 0 unspecified atom stereocenters. The summed E-state index contributed by atoms with van der Waals surface area (Å²) in [7, 11) is 0. The van der Waals surface area contributed by atoms with Crippen LogP contribution in [0.1, 0.15) is 0 Å². The molecule has 0 aromatic heterocycles. The largest absolute Gasteiger partial charge is 0.390 e. The number of halogens is 8. The number of carbonyl (C=O) groups excluding carboxylic acids is 2. The summed E-state index contributed by atoms with van der Waals surface area (Å²) < 4.78 is 107. The van der Waals surface area contributed by atoms with Gasteiger partial charge in [-0.05, 0) is 0 Å². The van der Waals surface area contributed by atoms with Gasteiger partial charge in [0.2, 0.25) is 5.83 Å². The molecule has 1 saturated heterocycles. The van der Waals surface area contributed by atoms with E-state index in [1.54, 1.807) is 0 Å². The fourth-order valence-corrected chi connectivity index (χ4v) is 1.72. The van der Waals surface area contributed by atoms with Crippen molar-refractivity contribution in [2.75, 3.05) is 0 Å².